The van der Waals surface area contributed by atoms with Crippen molar-refractivity contribution in [3.05, 3.63) is 53.6 Å². The molecule has 0 aromatic heterocycles. The summed E-state index contributed by atoms with van der Waals surface area (Å²) in [5.41, 5.74) is 2.03. The van der Waals surface area contributed by atoms with Crippen molar-refractivity contribution >= 4 is 12.2 Å². The van der Waals surface area contributed by atoms with E-state index in [1.807, 2.05) is 54.6 Å². The summed E-state index contributed by atoms with van der Waals surface area (Å²) in [6.07, 6.45) is 4.01. The van der Waals surface area contributed by atoms with Crippen molar-refractivity contribution in [3.63, 3.8) is 0 Å². The highest BCUT2D eigenvalue weighted by molar-refractivity contribution is 5.73. The van der Waals surface area contributed by atoms with Crippen molar-refractivity contribution in [1.82, 2.24) is 0 Å². The first-order valence-corrected chi connectivity index (χ1v) is 6.31. The highest BCUT2D eigenvalue weighted by Gasteiger charge is 2.01. The smallest absolute Gasteiger partial charge is 0.126 e. The van der Waals surface area contributed by atoms with Crippen molar-refractivity contribution in [3.8, 4) is 17.2 Å². The zero-order chi connectivity index (χ0) is 14.4. The van der Waals surface area contributed by atoms with Crippen LogP contribution in [0.3, 0.4) is 0 Å². The SMILES string of the molecule is COc1cccc(/C=C/c2cc(OC)ccc2OC)c1. The molecular formula is C17H18O3. The van der Waals surface area contributed by atoms with Crippen molar-refractivity contribution in [2.75, 3.05) is 21.3 Å². The third kappa shape index (κ3) is 3.32. The quantitative estimate of drug-likeness (QED) is 0.772. The third-order valence-corrected chi connectivity index (χ3v) is 2.99. The van der Waals surface area contributed by atoms with E-state index < -0.39 is 0 Å². The Morgan fingerprint density at radius 2 is 1.50 bits per heavy atom. The summed E-state index contributed by atoms with van der Waals surface area (Å²) in [5, 5.41) is 0. The second-order valence-corrected chi connectivity index (χ2v) is 4.22. The first-order chi connectivity index (χ1) is 9.76. The third-order valence-electron chi connectivity index (χ3n) is 2.99. The van der Waals surface area contributed by atoms with Crippen LogP contribution in [0, 0.1) is 0 Å². The summed E-state index contributed by atoms with van der Waals surface area (Å²) >= 11 is 0. The molecule has 0 unspecified atom stereocenters. The Morgan fingerprint density at radius 3 is 2.20 bits per heavy atom. The number of methoxy groups -OCH3 is 3. The van der Waals surface area contributed by atoms with Gasteiger partial charge in [0.1, 0.15) is 17.2 Å². The van der Waals surface area contributed by atoms with E-state index in [4.69, 9.17) is 14.2 Å². The summed E-state index contributed by atoms with van der Waals surface area (Å²) in [5.74, 6) is 2.45. The lowest BCUT2D eigenvalue weighted by atomic mass is 10.1. The van der Waals surface area contributed by atoms with Crippen molar-refractivity contribution in [2.45, 2.75) is 0 Å². The first-order valence-electron chi connectivity index (χ1n) is 6.31. The molecule has 2 rings (SSSR count). The maximum Gasteiger partial charge on any atom is 0.126 e. The highest BCUT2D eigenvalue weighted by atomic mass is 16.5. The molecule has 20 heavy (non-hydrogen) atoms. The molecule has 0 saturated carbocycles. The molecule has 3 heteroatoms. The number of rotatable bonds is 5. The van der Waals surface area contributed by atoms with Crippen LogP contribution in [0.25, 0.3) is 12.2 Å². The van der Waals surface area contributed by atoms with E-state index in [0.717, 1.165) is 28.4 Å². The van der Waals surface area contributed by atoms with Gasteiger partial charge in [-0.1, -0.05) is 24.3 Å². The monoisotopic (exact) mass is 270 g/mol. The second-order valence-electron chi connectivity index (χ2n) is 4.22. The Hall–Kier alpha value is -2.42. The van der Waals surface area contributed by atoms with Gasteiger partial charge in [-0.25, -0.2) is 0 Å². The number of benzene rings is 2. The van der Waals surface area contributed by atoms with Gasteiger partial charge in [0.2, 0.25) is 0 Å². The molecule has 0 radical (unpaired) electrons. The molecule has 0 aliphatic rings. The first kappa shape index (κ1) is 14.0. The lowest BCUT2D eigenvalue weighted by Gasteiger charge is -2.07. The van der Waals surface area contributed by atoms with E-state index in [1.54, 1.807) is 21.3 Å². The molecule has 0 spiro atoms. The summed E-state index contributed by atoms with van der Waals surface area (Å²) in [6, 6.07) is 13.6. The molecule has 0 bridgehead atoms. The van der Waals surface area contributed by atoms with Crippen LogP contribution < -0.4 is 14.2 Å². The zero-order valence-electron chi connectivity index (χ0n) is 11.9. The average Bonchev–Trinajstić information content (AvgIpc) is 2.52. The fourth-order valence-electron chi connectivity index (χ4n) is 1.90. The van der Waals surface area contributed by atoms with E-state index in [0.29, 0.717) is 0 Å². The maximum atomic E-state index is 5.35. The van der Waals surface area contributed by atoms with Crippen LogP contribution in [0.15, 0.2) is 42.5 Å². The van der Waals surface area contributed by atoms with E-state index in [1.165, 1.54) is 0 Å². The molecule has 0 aliphatic heterocycles. The zero-order valence-corrected chi connectivity index (χ0v) is 11.9. The minimum Gasteiger partial charge on any atom is -0.497 e. The number of hydrogen-bond acceptors (Lipinski definition) is 3. The minimum absolute atomic E-state index is 0.802. The lowest BCUT2D eigenvalue weighted by Crippen LogP contribution is -1.89. The van der Waals surface area contributed by atoms with Gasteiger partial charge in [-0.2, -0.15) is 0 Å². The molecule has 2 aromatic carbocycles. The maximum absolute atomic E-state index is 5.35. The summed E-state index contributed by atoms with van der Waals surface area (Å²) in [4.78, 5) is 0. The van der Waals surface area contributed by atoms with Crippen LogP contribution in [0.4, 0.5) is 0 Å². The van der Waals surface area contributed by atoms with Gasteiger partial charge in [0, 0.05) is 5.56 Å². The number of ether oxygens (including phenoxy) is 3. The fraction of sp³-hybridized carbons (Fsp3) is 0.176. The lowest BCUT2D eigenvalue weighted by molar-refractivity contribution is 0.402. The van der Waals surface area contributed by atoms with Gasteiger partial charge in [-0.15, -0.1) is 0 Å². The topological polar surface area (TPSA) is 27.7 Å². The summed E-state index contributed by atoms with van der Waals surface area (Å²) < 4.78 is 15.8. The largest absolute Gasteiger partial charge is 0.497 e. The van der Waals surface area contributed by atoms with E-state index in [-0.39, 0.29) is 0 Å². The molecule has 0 atom stereocenters. The van der Waals surface area contributed by atoms with Crippen LogP contribution in [-0.2, 0) is 0 Å². The Balaban J connectivity index is 2.29. The van der Waals surface area contributed by atoms with Gasteiger partial charge < -0.3 is 14.2 Å². The Kier molecular flexibility index (Phi) is 4.66. The molecule has 0 heterocycles. The molecule has 0 fully saturated rings. The van der Waals surface area contributed by atoms with E-state index in [2.05, 4.69) is 0 Å². The van der Waals surface area contributed by atoms with Crippen molar-refractivity contribution in [2.24, 2.45) is 0 Å². The fourth-order valence-corrected chi connectivity index (χ4v) is 1.90. The molecule has 0 saturated heterocycles. The van der Waals surface area contributed by atoms with Crippen molar-refractivity contribution in [1.29, 1.82) is 0 Å². The predicted octanol–water partition coefficient (Wildman–Crippen LogP) is 3.88. The summed E-state index contributed by atoms with van der Waals surface area (Å²) in [7, 11) is 4.97. The molecule has 0 amide bonds. The minimum atomic E-state index is 0.802. The standard InChI is InChI=1S/C17H18O3/c1-18-15-6-4-5-13(11-15)7-8-14-12-16(19-2)9-10-17(14)20-3/h4-12H,1-3H3/b8-7+. The molecule has 0 N–H and O–H groups in total. The van der Waals surface area contributed by atoms with Gasteiger partial charge in [-0.05, 0) is 35.9 Å². The van der Waals surface area contributed by atoms with Crippen molar-refractivity contribution < 1.29 is 14.2 Å². The average molecular weight is 270 g/mol. The van der Waals surface area contributed by atoms with Crippen LogP contribution in [0.2, 0.25) is 0 Å². The molecule has 104 valence electrons. The van der Waals surface area contributed by atoms with E-state index >= 15 is 0 Å². The van der Waals surface area contributed by atoms with Gasteiger partial charge in [0.25, 0.3) is 0 Å². The van der Waals surface area contributed by atoms with E-state index in [9.17, 15) is 0 Å². The van der Waals surface area contributed by atoms with Gasteiger partial charge in [-0.3, -0.25) is 0 Å². The Labute approximate surface area is 119 Å². The van der Waals surface area contributed by atoms with Gasteiger partial charge in [0.15, 0.2) is 0 Å². The normalized spacial score (nSPS) is 10.6. The molecule has 3 nitrogen and oxygen atoms in total. The summed E-state index contributed by atoms with van der Waals surface area (Å²) in [6.45, 7) is 0. The molecule has 0 aliphatic carbocycles. The van der Waals surface area contributed by atoms with Crippen LogP contribution in [-0.4, -0.2) is 21.3 Å². The van der Waals surface area contributed by atoms with Gasteiger partial charge in [0.05, 0.1) is 21.3 Å². The Morgan fingerprint density at radius 1 is 0.750 bits per heavy atom. The number of hydrogen-bond donors (Lipinski definition) is 0. The van der Waals surface area contributed by atoms with Crippen LogP contribution in [0.5, 0.6) is 17.2 Å². The van der Waals surface area contributed by atoms with Gasteiger partial charge >= 0.3 is 0 Å². The van der Waals surface area contributed by atoms with Crippen LogP contribution in [0.1, 0.15) is 11.1 Å². The Bertz CT molecular complexity index is 603. The second kappa shape index (κ2) is 6.66. The van der Waals surface area contributed by atoms with Crippen LogP contribution >= 0.6 is 0 Å². The highest BCUT2D eigenvalue weighted by Crippen LogP contribution is 2.26. The molecular weight excluding hydrogens is 252 g/mol. The molecule has 2 aromatic rings. The predicted molar refractivity (Wildman–Crippen MR) is 81.5 cm³/mol.